The fourth-order valence-corrected chi connectivity index (χ4v) is 3.68. The van der Waals surface area contributed by atoms with Crippen LogP contribution < -0.4 is 10.1 Å². The lowest BCUT2D eigenvalue weighted by molar-refractivity contribution is -0.113. The molecule has 1 amide bonds. The predicted molar refractivity (Wildman–Crippen MR) is 122 cm³/mol. The molecule has 3 aromatic carbocycles. The van der Waals surface area contributed by atoms with Gasteiger partial charge in [-0.15, -0.1) is 10.2 Å². The van der Waals surface area contributed by atoms with Crippen molar-refractivity contribution >= 4 is 34.1 Å². The molecule has 0 bridgehead atoms. The average Bonchev–Trinajstić information content (AvgIpc) is 3.25. The van der Waals surface area contributed by atoms with E-state index < -0.39 is 0 Å². The van der Waals surface area contributed by atoms with E-state index in [2.05, 4.69) is 29.4 Å². The standard InChI is InChI=1S/C24H23N3O3S/c1-16(2)17-10-12-19(13-11-17)29-14-23-26-27-24(30-23)31-15-22(28)25-21-9-5-7-18-6-3-4-8-20(18)21/h3-13,16H,14-15H2,1-2H3,(H,25,28). The summed E-state index contributed by atoms with van der Waals surface area (Å²) in [5.41, 5.74) is 2.04. The van der Waals surface area contributed by atoms with Crippen LogP contribution in [0.2, 0.25) is 0 Å². The maximum absolute atomic E-state index is 12.4. The molecule has 7 heteroatoms. The maximum Gasteiger partial charge on any atom is 0.277 e. The number of carbonyl (C=O) groups excluding carboxylic acids is 1. The fraction of sp³-hybridized carbons (Fsp3) is 0.208. The molecule has 6 nitrogen and oxygen atoms in total. The number of nitrogens with one attached hydrogen (secondary N) is 1. The van der Waals surface area contributed by atoms with E-state index in [1.165, 1.54) is 17.3 Å². The third-order valence-corrected chi connectivity index (χ3v) is 5.57. The number of carbonyl (C=O) groups is 1. The lowest BCUT2D eigenvalue weighted by Crippen LogP contribution is -2.14. The Hall–Kier alpha value is -3.32. The molecule has 1 aromatic heterocycles. The number of thioether (sulfide) groups is 1. The van der Waals surface area contributed by atoms with Crippen molar-refractivity contribution in [2.45, 2.75) is 31.6 Å². The molecule has 0 atom stereocenters. The minimum Gasteiger partial charge on any atom is -0.484 e. The van der Waals surface area contributed by atoms with Crippen LogP contribution in [0.5, 0.6) is 5.75 Å². The summed E-state index contributed by atoms with van der Waals surface area (Å²) >= 11 is 1.19. The Kier molecular flexibility index (Phi) is 6.52. The van der Waals surface area contributed by atoms with E-state index in [0.29, 0.717) is 17.0 Å². The molecule has 0 aliphatic rings. The molecule has 0 aliphatic heterocycles. The van der Waals surface area contributed by atoms with E-state index >= 15 is 0 Å². The Morgan fingerprint density at radius 2 is 1.81 bits per heavy atom. The summed E-state index contributed by atoms with van der Waals surface area (Å²) in [7, 11) is 0. The predicted octanol–water partition coefficient (Wildman–Crippen LogP) is 5.66. The van der Waals surface area contributed by atoms with Crippen LogP contribution in [-0.2, 0) is 11.4 Å². The highest BCUT2D eigenvalue weighted by Crippen LogP contribution is 2.24. The molecular weight excluding hydrogens is 410 g/mol. The quantitative estimate of drug-likeness (QED) is 0.362. The second-order valence-corrected chi connectivity index (χ2v) is 8.26. The molecule has 0 spiro atoms. The van der Waals surface area contributed by atoms with Gasteiger partial charge in [-0.2, -0.15) is 0 Å². The summed E-state index contributed by atoms with van der Waals surface area (Å²) in [5.74, 6) is 1.61. The van der Waals surface area contributed by atoms with Crippen LogP contribution in [0.15, 0.2) is 76.4 Å². The minimum atomic E-state index is -0.136. The van der Waals surface area contributed by atoms with E-state index in [4.69, 9.17) is 9.15 Å². The molecule has 1 N–H and O–H groups in total. The molecule has 31 heavy (non-hydrogen) atoms. The molecular formula is C24H23N3O3S. The topological polar surface area (TPSA) is 77.2 Å². The third kappa shape index (κ3) is 5.44. The van der Waals surface area contributed by atoms with Gasteiger partial charge in [-0.3, -0.25) is 4.79 Å². The Morgan fingerprint density at radius 1 is 1.03 bits per heavy atom. The first kappa shape index (κ1) is 20.9. The van der Waals surface area contributed by atoms with Gasteiger partial charge in [0.05, 0.1) is 5.75 Å². The number of anilines is 1. The monoisotopic (exact) mass is 433 g/mol. The van der Waals surface area contributed by atoms with Gasteiger partial charge in [-0.1, -0.05) is 74.1 Å². The number of benzene rings is 3. The van der Waals surface area contributed by atoms with E-state index in [9.17, 15) is 4.79 Å². The summed E-state index contributed by atoms with van der Waals surface area (Å²) in [4.78, 5) is 12.4. The molecule has 0 radical (unpaired) electrons. The maximum atomic E-state index is 12.4. The fourth-order valence-electron chi connectivity index (χ4n) is 3.10. The van der Waals surface area contributed by atoms with Gasteiger partial charge in [0, 0.05) is 11.1 Å². The molecule has 0 aliphatic carbocycles. The van der Waals surface area contributed by atoms with Crippen molar-refractivity contribution in [3.8, 4) is 5.75 Å². The number of rotatable bonds is 8. The zero-order valence-electron chi connectivity index (χ0n) is 17.4. The molecule has 0 fully saturated rings. The summed E-state index contributed by atoms with van der Waals surface area (Å²) in [6.45, 7) is 4.47. The number of aromatic nitrogens is 2. The minimum absolute atomic E-state index is 0.136. The van der Waals surface area contributed by atoms with Gasteiger partial charge in [0.1, 0.15) is 5.75 Å². The van der Waals surface area contributed by atoms with Crippen LogP contribution in [0.25, 0.3) is 10.8 Å². The summed E-state index contributed by atoms with van der Waals surface area (Å²) in [6.07, 6.45) is 0. The van der Waals surface area contributed by atoms with Crippen LogP contribution in [0, 0.1) is 0 Å². The molecule has 0 saturated heterocycles. The number of nitrogens with zero attached hydrogens (tertiary/aromatic N) is 2. The molecule has 0 unspecified atom stereocenters. The number of amides is 1. The van der Waals surface area contributed by atoms with Gasteiger partial charge >= 0.3 is 0 Å². The van der Waals surface area contributed by atoms with Gasteiger partial charge in [0.15, 0.2) is 6.61 Å². The summed E-state index contributed by atoms with van der Waals surface area (Å²) in [5, 5.41) is 13.3. The summed E-state index contributed by atoms with van der Waals surface area (Å²) < 4.78 is 11.3. The summed E-state index contributed by atoms with van der Waals surface area (Å²) in [6, 6.07) is 21.7. The lowest BCUT2D eigenvalue weighted by atomic mass is 10.0. The SMILES string of the molecule is CC(C)c1ccc(OCc2nnc(SCC(=O)Nc3cccc4ccccc34)o2)cc1. The van der Waals surface area contributed by atoms with E-state index in [0.717, 1.165) is 22.2 Å². The molecule has 1 heterocycles. The Morgan fingerprint density at radius 3 is 2.61 bits per heavy atom. The molecule has 4 rings (SSSR count). The van der Waals surface area contributed by atoms with Crippen molar-refractivity contribution in [3.63, 3.8) is 0 Å². The van der Waals surface area contributed by atoms with Crippen molar-refractivity contribution in [2.24, 2.45) is 0 Å². The van der Waals surface area contributed by atoms with Crippen molar-refractivity contribution in [1.82, 2.24) is 10.2 Å². The lowest BCUT2D eigenvalue weighted by Gasteiger charge is -2.08. The Balaban J connectivity index is 1.28. The van der Waals surface area contributed by atoms with E-state index in [-0.39, 0.29) is 18.3 Å². The van der Waals surface area contributed by atoms with Crippen LogP contribution in [0.3, 0.4) is 0 Å². The zero-order chi connectivity index (χ0) is 21.6. The van der Waals surface area contributed by atoms with Gasteiger partial charge in [-0.05, 0) is 35.1 Å². The average molecular weight is 434 g/mol. The second kappa shape index (κ2) is 9.66. The first-order valence-electron chi connectivity index (χ1n) is 10.0. The third-order valence-electron chi connectivity index (χ3n) is 4.75. The van der Waals surface area contributed by atoms with Crippen molar-refractivity contribution in [3.05, 3.63) is 78.2 Å². The van der Waals surface area contributed by atoms with Crippen LogP contribution in [-0.4, -0.2) is 21.9 Å². The highest BCUT2D eigenvalue weighted by atomic mass is 32.2. The van der Waals surface area contributed by atoms with E-state index in [1.54, 1.807) is 0 Å². The van der Waals surface area contributed by atoms with Gasteiger partial charge in [0.2, 0.25) is 5.91 Å². The largest absolute Gasteiger partial charge is 0.484 e. The number of ether oxygens (including phenoxy) is 1. The number of fused-ring (bicyclic) bond motifs is 1. The van der Waals surface area contributed by atoms with Crippen LogP contribution in [0.1, 0.15) is 31.2 Å². The van der Waals surface area contributed by atoms with Crippen molar-refractivity contribution in [1.29, 1.82) is 0 Å². The van der Waals surface area contributed by atoms with Crippen molar-refractivity contribution < 1.29 is 13.9 Å². The first-order valence-corrected chi connectivity index (χ1v) is 11.0. The van der Waals surface area contributed by atoms with Gasteiger partial charge < -0.3 is 14.5 Å². The molecule has 158 valence electrons. The molecule has 4 aromatic rings. The molecule has 0 saturated carbocycles. The number of hydrogen-bond acceptors (Lipinski definition) is 6. The van der Waals surface area contributed by atoms with Crippen LogP contribution >= 0.6 is 11.8 Å². The number of hydrogen-bond donors (Lipinski definition) is 1. The Labute approximate surface area is 185 Å². The normalized spacial score (nSPS) is 11.1. The van der Waals surface area contributed by atoms with Gasteiger partial charge in [-0.25, -0.2) is 0 Å². The van der Waals surface area contributed by atoms with Crippen molar-refractivity contribution in [2.75, 3.05) is 11.1 Å². The Bertz CT molecular complexity index is 1170. The highest BCUT2D eigenvalue weighted by Gasteiger charge is 2.12. The van der Waals surface area contributed by atoms with Crippen LogP contribution in [0.4, 0.5) is 5.69 Å². The van der Waals surface area contributed by atoms with Gasteiger partial charge in [0.25, 0.3) is 11.1 Å². The highest BCUT2D eigenvalue weighted by molar-refractivity contribution is 7.99. The smallest absolute Gasteiger partial charge is 0.277 e. The zero-order valence-corrected chi connectivity index (χ0v) is 18.2. The van der Waals surface area contributed by atoms with E-state index in [1.807, 2.05) is 66.7 Å². The second-order valence-electron chi connectivity index (χ2n) is 7.34. The first-order chi connectivity index (χ1) is 15.1.